The van der Waals surface area contributed by atoms with Crippen molar-refractivity contribution < 1.29 is 9.53 Å². The maximum atomic E-state index is 12.5. The van der Waals surface area contributed by atoms with Gasteiger partial charge in [-0.3, -0.25) is 0 Å². The summed E-state index contributed by atoms with van der Waals surface area (Å²) in [7, 11) is 1.67. The smallest absolute Gasteiger partial charge is 0.317 e. The zero-order valence-corrected chi connectivity index (χ0v) is 17.1. The number of hydrogen-bond donors (Lipinski definition) is 1. The van der Waals surface area contributed by atoms with E-state index in [9.17, 15) is 4.79 Å². The lowest BCUT2D eigenvalue weighted by Crippen LogP contribution is -2.52. The molecule has 3 rings (SSSR count). The van der Waals surface area contributed by atoms with E-state index < -0.39 is 0 Å². The summed E-state index contributed by atoms with van der Waals surface area (Å²) < 4.78 is 5.25. The molecule has 0 bridgehead atoms. The highest BCUT2D eigenvalue weighted by molar-refractivity contribution is 5.74. The molecule has 0 unspecified atom stereocenters. The van der Waals surface area contributed by atoms with E-state index >= 15 is 0 Å². The zero-order chi connectivity index (χ0) is 19.9. The summed E-state index contributed by atoms with van der Waals surface area (Å²) in [6.07, 6.45) is 0.796. The third-order valence-corrected chi connectivity index (χ3v) is 5.29. The Morgan fingerprint density at radius 1 is 1.07 bits per heavy atom. The van der Waals surface area contributed by atoms with Crippen molar-refractivity contribution >= 4 is 11.7 Å². The predicted octanol–water partition coefficient (Wildman–Crippen LogP) is 3.89. The summed E-state index contributed by atoms with van der Waals surface area (Å²) >= 11 is 0. The molecule has 0 radical (unpaired) electrons. The van der Waals surface area contributed by atoms with Crippen molar-refractivity contribution in [2.24, 2.45) is 0 Å². The number of methoxy groups -OCH3 is 1. The first-order valence-corrected chi connectivity index (χ1v) is 10.1. The Bertz CT molecular complexity index is 783. The van der Waals surface area contributed by atoms with Crippen LogP contribution in [0.1, 0.15) is 30.9 Å². The molecule has 2 amide bonds. The number of nitrogens with one attached hydrogen (secondary N) is 1. The number of carbonyl (C=O) groups excluding carboxylic acids is 1. The molecule has 5 heteroatoms. The van der Waals surface area contributed by atoms with Crippen LogP contribution >= 0.6 is 0 Å². The number of carbonyl (C=O) groups is 1. The highest BCUT2D eigenvalue weighted by Gasteiger charge is 2.22. The molecule has 1 heterocycles. The van der Waals surface area contributed by atoms with Gasteiger partial charge in [0.2, 0.25) is 0 Å². The molecule has 1 aliphatic heterocycles. The van der Waals surface area contributed by atoms with Gasteiger partial charge in [-0.05, 0) is 41.7 Å². The van der Waals surface area contributed by atoms with Crippen molar-refractivity contribution in [3.8, 4) is 5.75 Å². The quantitative estimate of drug-likeness (QED) is 0.826. The van der Waals surface area contributed by atoms with Crippen LogP contribution in [0.4, 0.5) is 10.5 Å². The van der Waals surface area contributed by atoms with Crippen molar-refractivity contribution in [2.75, 3.05) is 44.7 Å². The molecule has 5 nitrogen and oxygen atoms in total. The highest BCUT2D eigenvalue weighted by Crippen LogP contribution is 2.28. The lowest BCUT2D eigenvalue weighted by Gasteiger charge is -2.37. The van der Waals surface area contributed by atoms with Crippen LogP contribution in [0.5, 0.6) is 5.75 Å². The fraction of sp³-hybridized carbons (Fsp3) is 0.435. The summed E-state index contributed by atoms with van der Waals surface area (Å²) in [6.45, 7) is 8.31. The second-order valence-electron chi connectivity index (χ2n) is 7.52. The van der Waals surface area contributed by atoms with E-state index in [1.54, 1.807) is 7.11 Å². The molecule has 1 saturated heterocycles. The van der Waals surface area contributed by atoms with Gasteiger partial charge >= 0.3 is 6.03 Å². The van der Waals surface area contributed by atoms with Crippen molar-refractivity contribution in [1.29, 1.82) is 0 Å². The lowest BCUT2D eigenvalue weighted by molar-refractivity contribution is 0.194. The topological polar surface area (TPSA) is 44.8 Å². The molecule has 0 saturated carbocycles. The summed E-state index contributed by atoms with van der Waals surface area (Å²) in [5, 5.41) is 3.05. The molecule has 2 aromatic carbocycles. The van der Waals surface area contributed by atoms with Gasteiger partial charge in [-0.1, -0.05) is 44.2 Å². The van der Waals surface area contributed by atoms with Gasteiger partial charge in [-0.25, -0.2) is 4.79 Å². The number of anilines is 1. The second kappa shape index (κ2) is 9.49. The van der Waals surface area contributed by atoms with E-state index in [0.29, 0.717) is 12.5 Å². The molecule has 0 spiro atoms. The summed E-state index contributed by atoms with van der Waals surface area (Å²) in [6, 6.07) is 16.6. The van der Waals surface area contributed by atoms with Crippen molar-refractivity contribution in [2.45, 2.75) is 26.2 Å². The van der Waals surface area contributed by atoms with E-state index in [1.165, 1.54) is 11.3 Å². The fourth-order valence-corrected chi connectivity index (χ4v) is 3.67. The maximum absolute atomic E-state index is 12.5. The number of para-hydroxylation sites is 1. The molecule has 1 fully saturated rings. The minimum Gasteiger partial charge on any atom is -0.497 e. The molecule has 150 valence electrons. The number of nitrogens with zero attached hydrogens (tertiary/aromatic N) is 2. The van der Waals surface area contributed by atoms with E-state index in [2.05, 4.69) is 54.4 Å². The van der Waals surface area contributed by atoms with Gasteiger partial charge in [-0.2, -0.15) is 0 Å². The molecule has 1 N–H and O–H groups in total. The normalized spacial score (nSPS) is 14.3. The number of benzene rings is 2. The molecular weight excluding hydrogens is 350 g/mol. The maximum Gasteiger partial charge on any atom is 0.317 e. The first kappa shape index (κ1) is 20.1. The average Bonchev–Trinajstić information content (AvgIpc) is 2.74. The monoisotopic (exact) mass is 381 g/mol. The molecule has 2 aromatic rings. The Morgan fingerprint density at radius 2 is 1.82 bits per heavy atom. The number of amides is 2. The highest BCUT2D eigenvalue weighted by atomic mass is 16.5. The third-order valence-electron chi connectivity index (χ3n) is 5.29. The van der Waals surface area contributed by atoms with Crippen LogP contribution in [-0.2, 0) is 6.42 Å². The van der Waals surface area contributed by atoms with E-state index in [-0.39, 0.29) is 6.03 Å². The molecule has 0 aliphatic carbocycles. The van der Waals surface area contributed by atoms with E-state index in [1.807, 2.05) is 23.1 Å². The van der Waals surface area contributed by atoms with Crippen LogP contribution in [0, 0.1) is 0 Å². The Kier molecular flexibility index (Phi) is 6.80. The number of ether oxygens (including phenoxy) is 1. The molecular formula is C23H31N3O2. The van der Waals surface area contributed by atoms with Gasteiger partial charge in [0.15, 0.2) is 0 Å². The van der Waals surface area contributed by atoms with Crippen molar-refractivity contribution in [3.05, 3.63) is 59.7 Å². The Hall–Kier alpha value is -2.69. The van der Waals surface area contributed by atoms with Gasteiger partial charge in [0.25, 0.3) is 0 Å². The van der Waals surface area contributed by atoms with Gasteiger partial charge in [-0.15, -0.1) is 0 Å². The number of urea groups is 1. The van der Waals surface area contributed by atoms with Crippen LogP contribution in [0.15, 0.2) is 48.5 Å². The Labute approximate surface area is 168 Å². The lowest BCUT2D eigenvalue weighted by atomic mass is 10.00. The number of piperazine rings is 1. The van der Waals surface area contributed by atoms with Gasteiger partial charge in [0.1, 0.15) is 5.75 Å². The van der Waals surface area contributed by atoms with Crippen LogP contribution in [0.2, 0.25) is 0 Å². The van der Waals surface area contributed by atoms with E-state index in [0.717, 1.165) is 43.9 Å². The van der Waals surface area contributed by atoms with Gasteiger partial charge < -0.3 is 19.9 Å². The SMILES string of the molecule is COc1cccc(CCNC(=O)N2CCN(c3ccccc3C(C)C)CC2)c1. The summed E-state index contributed by atoms with van der Waals surface area (Å²) in [4.78, 5) is 16.8. The first-order chi connectivity index (χ1) is 13.6. The number of rotatable bonds is 6. The number of hydrogen-bond acceptors (Lipinski definition) is 3. The van der Waals surface area contributed by atoms with Crippen LogP contribution in [-0.4, -0.2) is 50.8 Å². The van der Waals surface area contributed by atoms with Gasteiger partial charge in [0.05, 0.1) is 7.11 Å². The molecule has 1 aliphatic rings. The van der Waals surface area contributed by atoms with Crippen LogP contribution < -0.4 is 15.0 Å². The standard InChI is InChI=1S/C23H31N3O2/c1-18(2)21-9-4-5-10-22(21)25-13-15-26(16-14-25)23(27)24-12-11-19-7-6-8-20(17-19)28-3/h4-10,17-18H,11-16H2,1-3H3,(H,24,27). The van der Waals surface area contributed by atoms with Gasteiger partial charge in [0, 0.05) is 38.4 Å². The van der Waals surface area contributed by atoms with Crippen molar-refractivity contribution in [3.63, 3.8) is 0 Å². The first-order valence-electron chi connectivity index (χ1n) is 10.1. The van der Waals surface area contributed by atoms with Crippen LogP contribution in [0.25, 0.3) is 0 Å². The third kappa shape index (κ3) is 4.97. The van der Waals surface area contributed by atoms with E-state index in [4.69, 9.17) is 4.74 Å². The summed E-state index contributed by atoms with van der Waals surface area (Å²) in [5.74, 6) is 1.34. The summed E-state index contributed by atoms with van der Waals surface area (Å²) in [5.41, 5.74) is 3.84. The minimum atomic E-state index is 0.0275. The average molecular weight is 382 g/mol. The largest absolute Gasteiger partial charge is 0.497 e. The van der Waals surface area contributed by atoms with Crippen LogP contribution in [0.3, 0.4) is 0 Å². The molecule has 0 aromatic heterocycles. The molecule has 28 heavy (non-hydrogen) atoms. The Balaban J connectivity index is 1.47. The Morgan fingerprint density at radius 3 is 2.54 bits per heavy atom. The second-order valence-corrected chi connectivity index (χ2v) is 7.52. The fourth-order valence-electron chi connectivity index (χ4n) is 3.67. The predicted molar refractivity (Wildman–Crippen MR) is 114 cm³/mol. The molecule has 0 atom stereocenters. The van der Waals surface area contributed by atoms with Crippen molar-refractivity contribution in [1.82, 2.24) is 10.2 Å². The minimum absolute atomic E-state index is 0.0275. The zero-order valence-electron chi connectivity index (χ0n) is 17.1.